The summed E-state index contributed by atoms with van der Waals surface area (Å²) in [5, 5.41) is 10.4. The van der Waals surface area contributed by atoms with E-state index in [4.69, 9.17) is 9.84 Å². The first kappa shape index (κ1) is 21.1. The monoisotopic (exact) mass is 431 g/mol. The molecule has 2 aliphatic heterocycles. The minimum Gasteiger partial charge on any atom is -0.488 e. The highest BCUT2D eigenvalue weighted by atomic mass is 16.5. The molecule has 2 aromatic carbocycles. The Morgan fingerprint density at radius 1 is 1.16 bits per heavy atom. The lowest BCUT2D eigenvalue weighted by Gasteiger charge is -2.43. The minimum atomic E-state index is 0.117. The van der Waals surface area contributed by atoms with E-state index in [0.717, 1.165) is 38.2 Å². The molecular weight excluding hydrogens is 398 g/mol. The Morgan fingerprint density at radius 3 is 2.62 bits per heavy atom. The smallest absolute Gasteiger partial charge is 0.124 e. The molecule has 2 N–H and O–H groups in total. The number of nitrogens with zero attached hydrogens (tertiary/aromatic N) is 2. The van der Waals surface area contributed by atoms with E-state index >= 15 is 0 Å². The summed E-state index contributed by atoms with van der Waals surface area (Å²) >= 11 is 0. The first-order valence-corrected chi connectivity index (χ1v) is 11.7. The summed E-state index contributed by atoms with van der Waals surface area (Å²) in [5.74, 6) is 0.906. The average Bonchev–Trinajstić information content (AvgIpc) is 3.15. The van der Waals surface area contributed by atoms with Gasteiger partial charge in [0.1, 0.15) is 11.9 Å². The van der Waals surface area contributed by atoms with Gasteiger partial charge >= 0.3 is 0 Å². The first-order chi connectivity index (χ1) is 15.6. The Kier molecular flexibility index (Phi) is 5.70. The number of β-amino-alcohol motifs (C(OH)–C–C–N with tert-alkyl or cyclic N) is 1. The second-order valence-electron chi connectivity index (χ2n) is 9.14. The zero-order valence-corrected chi connectivity index (χ0v) is 19.1. The van der Waals surface area contributed by atoms with Gasteiger partial charge in [0.25, 0.3) is 0 Å². The number of ether oxygens (including phenoxy) is 1. The number of aliphatic hydroxyl groups excluding tert-OH is 1. The van der Waals surface area contributed by atoms with Crippen molar-refractivity contribution < 1.29 is 9.84 Å². The lowest BCUT2D eigenvalue weighted by atomic mass is 9.88. The molecule has 1 saturated heterocycles. The van der Waals surface area contributed by atoms with Crippen LogP contribution in [0, 0.1) is 0 Å². The van der Waals surface area contributed by atoms with Crippen LogP contribution in [0.25, 0.3) is 10.9 Å². The number of aliphatic hydroxyl groups is 1. The second-order valence-corrected chi connectivity index (χ2v) is 9.14. The van der Waals surface area contributed by atoms with Crippen molar-refractivity contribution in [2.24, 2.45) is 0 Å². The molecule has 2 aliphatic rings. The van der Waals surface area contributed by atoms with Crippen molar-refractivity contribution in [3.05, 3.63) is 77.6 Å². The number of allylic oxidation sites excluding steroid dienone is 1. The standard InChI is InChI=1S/C27H33N3O2/c1-4-18(2)30-19(3)15-24-23-7-5-6-8-25(23)28-26(24)27(30)20-9-11-21(12-10-20)32-22-16-29(17-22)13-14-31/h5-12,19,22,27-28,31H,2,4,13-17H2,1,3H3/t19-,27-/m1/s1. The molecule has 3 heterocycles. The number of nitrogens with one attached hydrogen (secondary N) is 1. The van der Waals surface area contributed by atoms with Crippen molar-refractivity contribution in [2.75, 3.05) is 26.2 Å². The number of para-hydroxylation sites is 1. The predicted molar refractivity (Wildman–Crippen MR) is 129 cm³/mol. The SMILES string of the molecule is C=C(CC)N1[C@H](c2ccc(OC3CN(CCO)C3)cc2)c2[nH]c3ccccc3c2C[C@H]1C. The number of likely N-dealkylation sites (tertiary alicyclic amines) is 1. The fraction of sp³-hybridized carbons (Fsp3) is 0.407. The van der Waals surface area contributed by atoms with Crippen LogP contribution in [0.5, 0.6) is 5.75 Å². The molecule has 0 amide bonds. The summed E-state index contributed by atoms with van der Waals surface area (Å²) in [7, 11) is 0. The molecule has 2 atom stereocenters. The lowest BCUT2D eigenvalue weighted by Crippen LogP contribution is -2.54. The fourth-order valence-electron chi connectivity index (χ4n) is 5.31. The van der Waals surface area contributed by atoms with Gasteiger partial charge in [-0.3, -0.25) is 4.90 Å². The maximum Gasteiger partial charge on any atom is 0.124 e. The number of hydrogen-bond donors (Lipinski definition) is 2. The Hall–Kier alpha value is -2.76. The minimum absolute atomic E-state index is 0.117. The van der Waals surface area contributed by atoms with E-state index in [1.54, 1.807) is 0 Å². The van der Waals surface area contributed by atoms with Crippen molar-refractivity contribution in [3.8, 4) is 5.75 Å². The molecule has 0 radical (unpaired) electrons. The van der Waals surface area contributed by atoms with Gasteiger partial charge in [-0.25, -0.2) is 0 Å². The van der Waals surface area contributed by atoms with Gasteiger partial charge in [-0.05, 0) is 49.1 Å². The van der Waals surface area contributed by atoms with Crippen LogP contribution in [0.15, 0.2) is 60.8 Å². The van der Waals surface area contributed by atoms with E-state index < -0.39 is 0 Å². The van der Waals surface area contributed by atoms with E-state index in [1.807, 2.05) is 0 Å². The molecule has 32 heavy (non-hydrogen) atoms. The highest BCUT2D eigenvalue weighted by molar-refractivity contribution is 5.85. The Labute approximate surface area is 190 Å². The van der Waals surface area contributed by atoms with Crippen LogP contribution in [-0.2, 0) is 6.42 Å². The van der Waals surface area contributed by atoms with Gasteiger partial charge in [0.2, 0.25) is 0 Å². The van der Waals surface area contributed by atoms with Crippen molar-refractivity contribution in [3.63, 3.8) is 0 Å². The molecule has 168 valence electrons. The van der Waals surface area contributed by atoms with Crippen molar-refractivity contribution in [1.29, 1.82) is 0 Å². The summed E-state index contributed by atoms with van der Waals surface area (Å²) in [6, 6.07) is 17.7. The van der Waals surface area contributed by atoms with Crippen LogP contribution in [0.4, 0.5) is 0 Å². The molecule has 3 aromatic rings. The summed E-state index contributed by atoms with van der Waals surface area (Å²) in [4.78, 5) is 8.43. The van der Waals surface area contributed by atoms with Gasteiger partial charge in [0.15, 0.2) is 0 Å². The van der Waals surface area contributed by atoms with Crippen LogP contribution in [0.1, 0.15) is 43.1 Å². The van der Waals surface area contributed by atoms with Gasteiger partial charge < -0.3 is 19.7 Å². The van der Waals surface area contributed by atoms with E-state index in [2.05, 4.69) is 83.7 Å². The quantitative estimate of drug-likeness (QED) is 0.579. The number of hydrogen-bond acceptors (Lipinski definition) is 4. The van der Waals surface area contributed by atoms with Gasteiger partial charge in [-0.15, -0.1) is 0 Å². The topological polar surface area (TPSA) is 51.7 Å². The molecule has 1 aromatic heterocycles. The molecular formula is C27H33N3O2. The van der Waals surface area contributed by atoms with Gasteiger partial charge in [-0.1, -0.05) is 43.8 Å². The molecule has 5 rings (SSSR count). The highest BCUT2D eigenvalue weighted by Crippen LogP contribution is 2.43. The Bertz CT molecular complexity index is 1100. The van der Waals surface area contributed by atoms with Gasteiger partial charge in [0.05, 0.1) is 12.6 Å². The molecule has 0 bridgehead atoms. The molecule has 0 aliphatic carbocycles. The average molecular weight is 432 g/mol. The third kappa shape index (κ3) is 3.70. The number of H-pyrrole nitrogens is 1. The van der Waals surface area contributed by atoms with Crippen LogP contribution in [0.2, 0.25) is 0 Å². The Balaban J connectivity index is 1.45. The van der Waals surface area contributed by atoms with Gasteiger partial charge in [-0.2, -0.15) is 0 Å². The maximum atomic E-state index is 9.05. The highest BCUT2D eigenvalue weighted by Gasteiger charge is 2.36. The number of aromatic nitrogens is 1. The van der Waals surface area contributed by atoms with Crippen molar-refractivity contribution >= 4 is 10.9 Å². The lowest BCUT2D eigenvalue weighted by molar-refractivity contribution is 0.0107. The molecule has 1 fully saturated rings. The number of aromatic amines is 1. The van der Waals surface area contributed by atoms with Crippen LogP contribution < -0.4 is 4.74 Å². The molecule has 5 heteroatoms. The van der Waals surface area contributed by atoms with E-state index in [9.17, 15) is 0 Å². The summed E-state index contributed by atoms with van der Waals surface area (Å²) < 4.78 is 6.14. The summed E-state index contributed by atoms with van der Waals surface area (Å²) in [6.07, 6.45) is 2.16. The molecule has 0 spiro atoms. The van der Waals surface area contributed by atoms with Crippen molar-refractivity contribution in [2.45, 2.75) is 44.9 Å². The van der Waals surface area contributed by atoms with Crippen LogP contribution >= 0.6 is 0 Å². The van der Waals surface area contributed by atoms with E-state index in [0.29, 0.717) is 6.04 Å². The first-order valence-electron chi connectivity index (χ1n) is 11.7. The van der Waals surface area contributed by atoms with Crippen LogP contribution in [0.3, 0.4) is 0 Å². The fourth-order valence-corrected chi connectivity index (χ4v) is 5.31. The van der Waals surface area contributed by atoms with E-state index in [1.165, 1.54) is 33.4 Å². The van der Waals surface area contributed by atoms with Gasteiger partial charge in [0, 0.05) is 48.0 Å². The molecule has 0 saturated carbocycles. The van der Waals surface area contributed by atoms with E-state index in [-0.39, 0.29) is 18.8 Å². The van der Waals surface area contributed by atoms with Crippen LogP contribution in [-0.4, -0.2) is 58.3 Å². The van der Waals surface area contributed by atoms with Crippen molar-refractivity contribution in [1.82, 2.24) is 14.8 Å². The normalized spacial score (nSPS) is 21.4. The molecule has 5 nitrogen and oxygen atoms in total. The third-order valence-electron chi connectivity index (χ3n) is 6.98. The number of rotatable bonds is 7. The Morgan fingerprint density at radius 2 is 1.91 bits per heavy atom. The predicted octanol–water partition coefficient (Wildman–Crippen LogP) is 4.48. The molecule has 0 unspecified atom stereocenters. The zero-order valence-electron chi connectivity index (χ0n) is 19.1. The largest absolute Gasteiger partial charge is 0.488 e. The second kappa shape index (κ2) is 8.64. The maximum absolute atomic E-state index is 9.05. The number of fused-ring (bicyclic) bond motifs is 3. The third-order valence-corrected chi connectivity index (χ3v) is 6.98. The summed E-state index contributed by atoms with van der Waals surface area (Å²) in [6.45, 7) is 11.6. The number of benzene rings is 2. The zero-order chi connectivity index (χ0) is 22.2. The summed E-state index contributed by atoms with van der Waals surface area (Å²) in [5.41, 5.74) is 6.34.